The number of benzene rings is 1. The second-order valence-electron chi connectivity index (χ2n) is 5.59. The lowest BCUT2D eigenvalue weighted by molar-refractivity contribution is 0.124. The summed E-state index contributed by atoms with van der Waals surface area (Å²) in [6.07, 6.45) is 0.886. The molecule has 1 unspecified atom stereocenters. The maximum atomic E-state index is 9.54. The minimum Gasteiger partial charge on any atom is -0.504 e. The summed E-state index contributed by atoms with van der Waals surface area (Å²) in [5.41, 5.74) is 0.162. The fourth-order valence-corrected chi connectivity index (χ4v) is 1.83. The van der Waals surface area contributed by atoms with Crippen molar-refractivity contribution in [1.29, 1.82) is 0 Å². The number of ether oxygens (including phenoxy) is 1. The largest absolute Gasteiger partial charge is 0.504 e. The van der Waals surface area contributed by atoms with E-state index in [4.69, 9.17) is 4.74 Å². The van der Waals surface area contributed by atoms with Gasteiger partial charge in [0, 0.05) is 12.5 Å². The highest BCUT2D eigenvalue weighted by atomic mass is 16.5. The Labute approximate surface area is 103 Å². The molecular weight excluding hydrogens is 216 g/mol. The first kappa shape index (κ1) is 13.8. The third-order valence-corrected chi connectivity index (χ3v) is 2.50. The van der Waals surface area contributed by atoms with Gasteiger partial charge in [-0.15, -0.1) is 0 Å². The highest BCUT2D eigenvalue weighted by molar-refractivity contribution is 5.37. The molecule has 1 atom stereocenters. The number of rotatable bonds is 5. The molecule has 0 aliphatic rings. The highest BCUT2D eigenvalue weighted by Gasteiger charge is 2.19. The molecule has 0 fully saturated rings. The lowest BCUT2D eigenvalue weighted by Gasteiger charge is -2.24. The summed E-state index contributed by atoms with van der Waals surface area (Å²) in [4.78, 5) is 0. The van der Waals surface area contributed by atoms with Crippen LogP contribution in [0.25, 0.3) is 0 Å². The fourth-order valence-electron chi connectivity index (χ4n) is 1.83. The fraction of sp³-hybridized carbons (Fsp3) is 0.571. The molecule has 0 saturated carbocycles. The first-order valence-electron chi connectivity index (χ1n) is 5.94. The van der Waals surface area contributed by atoms with Crippen molar-refractivity contribution in [2.45, 2.75) is 27.2 Å². The number of para-hydroxylation sites is 2. The molecule has 1 rings (SSSR count). The summed E-state index contributed by atoms with van der Waals surface area (Å²) in [5, 5.41) is 18.8. The van der Waals surface area contributed by atoms with Crippen molar-refractivity contribution in [1.82, 2.24) is 0 Å². The number of hydrogen-bond donors (Lipinski definition) is 2. The molecule has 1 aromatic carbocycles. The summed E-state index contributed by atoms with van der Waals surface area (Å²) < 4.78 is 5.53. The van der Waals surface area contributed by atoms with Gasteiger partial charge in [-0.3, -0.25) is 0 Å². The summed E-state index contributed by atoms with van der Waals surface area (Å²) in [6.45, 7) is 6.93. The van der Waals surface area contributed by atoms with Crippen molar-refractivity contribution in [2.24, 2.45) is 11.3 Å². The van der Waals surface area contributed by atoms with Gasteiger partial charge in [0.1, 0.15) is 0 Å². The quantitative estimate of drug-likeness (QED) is 0.829. The molecule has 0 heterocycles. The summed E-state index contributed by atoms with van der Waals surface area (Å²) in [5.74, 6) is 0.703. The number of aromatic hydroxyl groups is 1. The van der Waals surface area contributed by atoms with Gasteiger partial charge in [0.2, 0.25) is 0 Å². The predicted octanol–water partition coefficient (Wildman–Crippen LogP) is 2.82. The first-order chi connectivity index (χ1) is 7.92. The van der Waals surface area contributed by atoms with Crippen LogP contribution in [0.15, 0.2) is 24.3 Å². The minimum atomic E-state index is 0.0922. The molecule has 0 spiro atoms. The molecule has 1 aromatic rings. The zero-order chi connectivity index (χ0) is 12.9. The lowest BCUT2D eigenvalue weighted by Crippen LogP contribution is -2.22. The van der Waals surface area contributed by atoms with Crippen LogP contribution in [0.2, 0.25) is 0 Å². The molecule has 96 valence electrons. The van der Waals surface area contributed by atoms with Crippen LogP contribution in [0.5, 0.6) is 11.5 Å². The lowest BCUT2D eigenvalue weighted by atomic mass is 9.85. The molecule has 0 amide bonds. The molecule has 3 nitrogen and oxygen atoms in total. The van der Waals surface area contributed by atoms with Crippen LogP contribution in [0, 0.1) is 11.3 Å². The second-order valence-corrected chi connectivity index (χ2v) is 5.59. The molecule has 17 heavy (non-hydrogen) atoms. The average molecular weight is 238 g/mol. The van der Waals surface area contributed by atoms with Gasteiger partial charge < -0.3 is 14.9 Å². The third kappa shape index (κ3) is 5.09. The molecule has 0 radical (unpaired) electrons. The Kier molecular flexibility index (Phi) is 4.82. The van der Waals surface area contributed by atoms with Crippen molar-refractivity contribution in [3.63, 3.8) is 0 Å². The van der Waals surface area contributed by atoms with Gasteiger partial charge in [0.05, 0.1) is 6.61 Å². The number of aliphatic hydroxyl groups is 1. The van der Waals surface area contributed by atoms with Crippen LogP contribution in [0.4, 0.5) is 0 Å². The minimum absolute atomic E-state index is 0.0922. The molecule has 0 aliphatic heterocycles. The second kappa shape index (κ2) is 5.92. The van der Waals surface area contributed by atoms with E-state index in [0.29, 0.717) is 12.4 Å². The Balaban J connectivity index is 2.51. The van der Waals surface area contributed by atoms with E-state index in [9.17, 15) is 10.2 Å². The van der Waals surface area contributed by atoms with E-state index >= 15 is 0 Å². The van der Waals surface area contributed by atoms with Gasteiger partial charge in [-0.25, -0.2) is 0 Å². The van der Waals surface area contributed by atoms with Gasteiger partial charge in [0.15, 0.2) is 11.5 Å². The maximum Gasteiger partial charge on any atom is 0.160 e. The van der Waals surface area contributed by atoms with Crippen LogP contribution < -0.4 is 4.74 Å². The van der Waals surface area contributed by atoms with Gasteiger partial charge in [-0.05, 0) is 24.0 Å². The molecule has 3 heteroatoms. The summed E-state index contributed by atoms with van der Waals surface area (Å²) >= 11 is 0. The molecule has 2 N–H and O–H groups in total. The van der Waals surface area contributed by atoms with Crippen LogP contribution in [-0.2, 0) is 0 Å². The van der Waals surface area contributed by atoms with Crippen molar-refractivity contribution in [3.8, 4) is 11.5 Å². The Morgan fingerprint density at radius 3 is 2.41 bits per heavy atom. The van der Waals surface area contributed by atoms with E-state index in [1.54, 1.807) is 18.2 Å². The monoisotopic (exact) mass is 238 g/mol. The van der Waals surface area contributed by atoms with Gasteiger partial charge in [-0.2, -0.15) is 0 Å². The number of phenols is 1. The van der Waals surface area contributed by atoms with Crippen LogP contribution >= 0.6 is 0 Å². The Hall–Kier alpha value is -1.22. The van der Waals surface area contributed by atoms with Crippen LogP contribution in [0.3, 0.4) is 0 Å². The van der Waals surface area contributed by atoms with E-state index in [2.05, 4.69) is 20.8 Å². The highest BCUT2D eigenvalue weighted by Crippen LogP contribution is 2.28. The van der Waals surface area contributed by atoms with Gasteiger partial charge in [0.25, 0.3) is 0 Å². The predicted molar refractivity (Wildman–Crippen MR) is 68.2 cm³/mol. The van der Waals surface area contributed by atoms with E-state index in [-0.39, 0.29) is 23.7 Å². The number of hydrogen-bond acceptors (Lipinski definition) is 3. The van der Waals surface area contributed by atoms with Crippen molar-refractivity contribution >= 4 is 0 Å². The number of phenolic OH excluding ortho intramolecular Hbond substituents is 1. The van der Waals surface area contributed by atoms with Crippen LogP contribution in [0.1, 0.15) is 27.2 Å². The molecule has 0 aliphatic carbocycles. The molecule has 0 aromatic heterocycles. The zero-order valence-electron chi connectivity index (χ0n) is 10.8. The van der Waals surface area contributed by atoms with E-state index in [1.807, 2.05) is 6.07 Å². The first-order valence-corrected chi connectivity index (χ1v) is 5.94. The molecular formula is C14H22O3. The van der Waals surface area contributed by atoms with Crippen molar-refractivity contribution in [2.75, 3.05) is 13.2 Å². The average Bonchev–Trinajstić information content (AvgIpc) is 2.24. The smallest absolute Gasteiger partial charge is 0.160 e. The zero-order valence-corrected chi connectivity index (χ0v) is 10.8. The van der Waals surface area contributed by atoms with Crippen LogP contribution in [-0.4, -0.2) is 23.4 Å². The topological polar surface area (TPSA) is 49.7 Å². The van der Waals surface area contributed by atoms with Gasteiger partial charge in [-0.1, -0.05) is 32.9 Å². The van der Waals surface area contributed by atoms with Crippen molar-refractivity contribution in [3.05, 3.63) is 24.3 Å². The normalized spacial score (nSPS) is 13.4. The molecule has 0 saturated heterocycles. The maximum absolute atomic E-state index is 9.54. The SMILES string of the molecule is CC(C)(C)CC(CO)COc1ccccc1O. The van der Waals surface area contributed by atoms with Gasteiger partial charge >= 0.3 is 0 Å². The van der Waals surface area contributed by atoms with E-state index in [1.165, 1.54) is 0 Å². The summed E-state index contributed by atoms with van der Waals surface area (Å²) in [7, 11) is 0. The van der Waals surface area contributed by atoms with E-state index < -0.39 is 0 Å². The number of aliphatic hydroxyl groups excluding tert-OH is 1. The van der Waals surface area contributed by atoms with Crippen molar-refractivity contribution < 1.29 is 14.9 Å². The Morgan fingerprint density at radius 2 is 1.88 bits per heavy atom. The third-order valence-electron chi connectivity index (χ3n) is 2.50. The standard InChI is InChI=1S/C14H22O3/c1-14(2,3)8-11(9-15)10-17-13-7-5-4-6-12(13)16/h4-7,11,15-16H,8-10H2,1-3H3. The molecule has 0 bridgehead atoms. The Morgan fingerprint density at radius 1 is 1.24 bits per heavy atom. The Bertz CT molecular complexity index is 342. The summed E-state index contributed by atoms with van der Waals surface area (Å²) in [6, 6.07) is 6.88. The van der Waals surface area contributed by atoms with E-state index in [0.717, 1.165) is 6.42 Å².